The van der Waals surface area contributed by atoms with Gasteiger partial charge in [-0.1, -0.05) is 48.9 Å². The molecule has 0 spiro atoms. The third-order valence-corrected chi connectivity index (χ3v) is 5.08. The van der Waals surface area contributed by atoms with E-state index in [1.54, 1.807) is 24.3 Å². The fraction of sp³-hybridized carbons (Fsp3) is 0.185. The summed E-state index contributed by atoms with van der Waals surface area (Å²) in [4.78, 5) is 12.6. The molecule has 1 N–H and O–H groups in total. The summed E-state index contributed by atoms with van der Waals surface area (Å²) >= 11 is 6.03. The van der Waals surface area contributed by atoms with Crippen LogP contribution in [-0.2, 0) is 17.8 Å². The van der Waals surface area contributed by atoms with Gasteiger partial charge in [0.25, 0.3) is 5.91 Å². The number of rotatable bonds is 9. The van der Waals surface area contributed by atoms with Gasteiger partial charge in [-0.15, -0.1) is 0 Å². The van der Waals surface area contributed by atoms with Crippen molar-refractivity contribution in [3.63, 3.8) is 0 Å². The lowest BCUT2D eigenvalue weighted by atomic mass is 10.1. The number of hydrogen-bond donors (Lipinski definition) is 1. The van der Waals surface area contributed by atoms with Crippen molar-refractivity contribution >= 4 is 29.3 Å². The van der Waals surface area contributed by atoms with Crippen LogP contribution >= 0.6 is 11.6 Å². The van der Waals surface area contributed by atoms with E-state index >= 15 is 0 Å². The van der Waals surface area contributed by atoms with Crippen LogP contribution in [0.25, 0.3) is 6.08 Å². The first-order chi connectivity index (χ1) is 16.0. The maximum atomic E-state index is 12.6. The third-order valence-electron chi connectivity index (χ3n) is 4.85. The van der Waals surface area contributed by atoms with Crippen LogP contribution in [0.1, 0.15) is 30.5 Å². The van der Waals surface area contributed by atoms with Gasteiger partial charge in [0.2, 0.25) is 0 Å². The Kier molecular flexibility index (Phi) is 8.51. The van der Waals surface area contributed by atoms with Gasteiger partial charge in [0.05, 0.1) is 6.61 Å². The lowest BCUT2D eigenvalue weighted by Crippen LogP contribution is -2.13. The largest absolute Gasteiger partial charge is 0.490 e. The Balaban J connectivity index is 1.76. The molecule has 168 valence electrons. The summed E-state index contributed by atoms with van der Waals surface area (Å²) in [6.07, 6.45) is 2.44. The predicted molar refractivity (Wildman–Crippen MR) is 131 cm³/mol. The van der Waals surface area contributed by atoms with Crippen LogP contribution in [0.3, 0.4) is 0 Å². The van der Waals surface area contributed by atoms with E-state index in [0.29, 0.717) is 41.0 Å². The van der Waals surface area contributed by atoms with Crippen molar-refractivity contribution in [2.24, 2.45) is 0 Å². The summed E-state index contributed by atoms with van der Waals surface area (Å²) in [7, 11) is 0. The minimum atomic E-state index is -0.471. The Bertz CT molecular complexity index is 1180. The predicted octanol–water partition coefficient (Wildman–Crippen LogP) is 6.43. The molecule has 0 saturated carbocycles. The van der Waals surface area contributed by atoms with E-state index < -0.39 is 5.91 Å². The number of amides is 1. The van der Waals surface area contributed by atoms with Crippen molar-refractivity contribution < 1.29 is 14.3 Å². The third kappa shape index (κ3) is 6.86. The highest BCUT2D eigenvalue weighted by molar-refractivity contribution is 6.30. The minimum Gasteiger partial charge on any atom is -0.490 e. The second-order valence-electron chi connectivity index (χ2n) is 7.23. The number of benzene rings is 3. The molecule has 6 heteroatoms. The van der Waals surface area contributed by atoms with Crippen molar-refractivity contribution in [2.45, 2.75) is 26.9 Å². The van der Waals surface area contributed by atoms with E-state index in [-0.39, 0.29) is 5.57 Å². The zero-order valence-corrected chi connectivity index (χ0v) is 19.4. The first-order valence-electron chi connectivity index (χ1n) is 10.7. The summed E-state index contributed by atoms with van der Waals surface area (Å²) < 4.78 is 11.6. The smallest absolute Gasteiger partial charge is 0.266 e. The number of nitriles is 1. The molecular weight excluding hydrogens is 436 g/mol. The number of halogens is 1. The Hall–Kier alpha value is -3.75. The van der Waals surface area contributed by atoms with Crippen molar-refractivity contribution in [2.75, 3.05) is 11.9 Å². The Morgan fingerprint density at radius 1 is 1.00 bits per heavy atom. The van der Waals surface area contributed by atoms with Crippen molar-refractivity contribution in [1.29, 1.82) is 5.26 Å². The molecule has 0 radical (unpaired) electrons. The molecule has 0 saturated heterocycles. The number of anilines is 1. The van der Waals surface area contributed by atoms with Crippen molar-refractivity contribution in [3.8, 4) is 17.6 Å². The highest BCUT2D eigenvalue weighted by Crippen LogP contribution is 2.30. The molecule has 0 bridgehead atoms. The molecule has 0 heterocycles. The molecule has 3 rings (SSSR count). The molecular formula is C27H25ClN2O3. The van der Waals surface area contributed by atoms with Gasteiger partial charge in [0.15, 0.2) is 11.5 Å². The number of nitrogens with zero attached hydrogens (tertiary/aromatic N) is 1. The van der Waals surface area contributed by atoms with Gasteiger partial charge < -0.3 is 14.8 Å². The average molecular weight is 461 g/mol. The molecule has 3 aromatic rings. The highest BCUT2D eigenvalue weighted by Gasteiger charge is 2.12. The summed E-state index contributed by atoms with van der Waals surface area (Å²) in [5.74, 6) is 0.620. The summed E-state index contributed by atoms with van der Waals surface area (Å²) in [5, 5.41) is 12.9. The van der Waals surface area contributed by atoms with Crippen LogP contribution in [-0.4, -0.2) is 12.5 Å². The number of nitrogens with one attached hydrogen (secondary N) is 1. The molecule has 0 aliphatic carbocycles. The molecule has 5 nitrogen and oxygen atoms in total. The number of aryl methyl sites for hydroxylation is 1. The average Bonchev–Trinajstić information content (AvgIpc) is 2.82. The molecule has 0 aliphatic heterocycles. The number of carbonyl (C=O) groups is 1. The standard InChI is InChI=1S/C27H25ClN2O3/c1-3-19-8-11-24(12-9-19)30-27(31)22(17-29)14-20-10-13-25(26(16-20)32-4-2)33-18-21-6-5-7-23(28)15-21/h5-16H,3-4,18H2,1-2H3,(H,30,31)/b22-14+. The quantitative estimate of drug-likeness (QED) is 0.295. The first kappa shape index (κ1) is 23.9. The molecule has 0 aromatic heterocycles. The van der Waals surface area contributed by atoms with E-state index in [4.69, 9.17) is 21.1 Å². The van der Waals surface area contributed by atoms with Crippen LogP contribution in [0.5, 0.6) is 11.5 Å². The fourth-order valence-corrected chi connectivity index (χ4v) is 3.34. The van der Waals surface area contributed by atoms with Crippen molar-refractivity contribution in [3.05, 3.63) is 94.0 Å². The minimum absolute atomic E-state index is 0.00962. The Morgan fingerprint density at radius 3 is 2.45 bits per heavy atom. The molecule has 33 heavy (non-hydrogen) atoms. The summed E-state index contributed by atoms with van der Waals surface area (Å²) in [6.45, 7) is 4.72. The van der Waals surface area contributed by atoms with Gasteiger partial charge in [0, 0.05) is 10.7 Å². The SMILES string of the molecule is CCOc1cc(/C=C(\C#N)C(=O)Nc2ccc(CC)cc2)ccc1OCc1cccc(Cl)c1. The van der Waals surface area contributed by atoms with Gasteiger partial charge in [-0.25, -0.2) is 0 Å². The second kappa shape index (κ2) is 11.8. The van der Waals surface area contributed by atoms with Crippen LogP contribution in [0.15, 0.2) is 72.3 Å². The zero-order valence-electron chi connectivity index (χ0n) is 18.6. The van der Waals surface area contributed by atoms with Gasteiger partial charge in [-0.3, -0.25) is 4.79 Å². The lowest BCUT2D eigenvalue weighted by Gasteiger charge is -2.13. The Labute approximate surface area is 199 Å². The number of hydrogen-bond acceptors (Lipinski definition) is 4. The molecule has 0 aliphatic rings. The van der Waals surface area contributed by atoms with Crippen LogP contribution in [0.2, 0.25) is 5.02 Å². The van der Waals surface area contributed by atoms with Crippen LogP contribution < -0.4 is 14.8 Å². The Morgan fingerprint density at radius 2 is 1.79 bits per heavy atom. The molecule has 1 amide bonds. The molecule has 0 fully saturated rings. The molecule has 0 unspecified atom stereocenters. The highest BCUT2D eigenvalue weighted by atomic mass is 35.5. The first-order valence-corrected chi connectivity index (χ1v) is 11.1. The van der Waals surface area contributed by atoms with Crippen molar-refractivity contribution in [1.82, 2.24) is 0 Å². The maximum Gasteiger partial charge on any atom is 0.266 e. The monoisotopic (exact) mass is 460 g/mol. The summed E-state index contributed by atoms with van der Waals surface area (Å²) in [5.41, 5.74) is 3.39. The maximum absolute atomic E-state index is 12.6. The van der Waals surface area contributed by atoms with E-state index in [9.17, 15) is 10.1 Å². The lowest BCUT2D eigenvalue weighted by molar-refractivity contribution is -0.112. The zero-order chi connectivity index (χ0) is 23.6. The van der Waals surface area contributed by atoms with E-state index in [1.807, 2.05) is 55.5 Å². The van der Waals surface area contributed by atoms with Gasteiger partial charge in [-0.2, -0.15) is 5.26 Å². The van der Waals surface area contributed by atoms with Crippen LogP contribution in [0, 0.1) is 11.3 Å². The number of ether oxygens (including phenoxy) is 2. The molecule has 3 aromatic carbocycles. The van der Waals surface area contributed by atoms with Gasteiger partial charge in [-0.05, 0) is 72.5 Å². The van der Waals surface area contributed by atoms with Gasteiger partial charge >= 0.3 is 0 Å². The fourth-order valence-electron chi connectivity index (χ4n) is 3.13. The second-order valence-corrected chi connectivity index (χ2v) is 7.67. The van der Waals surface area contributed by atoms with E-state index in [0.717, 1.165) is 12.0 Å². The molecule has 0 atom stereocenters. The van der Waals surface area contributed by atoms with Crippen LogP contribution in [0.4, 0.5) is 5.69 Å². The number of carbonyl (C=O) groups excluding carboxylic acids is 1. The van der Waals surface area contributed by atoms with E-state index in [1.165, 1.54) is 11.6 Å². The van der Waals surface area contributed by atoms with E-state index in [2.05, 4.69) is 12.2 Å². The topological polar surface area (TPSA) is 71.3 Å². The normalized spacial score (nSPS) is 10.9. The summed E-state index contributed by atoms with van der Waals surface area (Å²) in [6, 6.07) is 22.2. The van der Waals surface area contributed by atoms with Gasteiger partial charge in [0.1, 0.15) is 18.2 Å².